The molecule has 1 N–H and O–H groups in total. The molecule has 1 amide bonds. The number of rotatable bonds is 4. The number of thiophene rings is 1. The van der Waals surface area contributed by atoms with Crippen LogP contribution in [0.15, 0.2) is 9.85 Å². The van der Waals surface area contributed by atoms with Gasteiger partial charge in [0.25, 0.3) is 5.91 Å². The van der Waals surface area contributed by atoms with Crippen LogP contribution < -0.4 is 5.32 Å². The summed E-state index contributed by atoms with van der Waals surface area (Å²) in [5.41, 5.74) is 1.15. The monoisotopic (exact) mass is 313 g/mol. The van der Waals surface area contributed by atoms with E-state index in [1.807, 2.05) is 13.0 Å². The molecule has 0 unspecified atom stereocenters. The van der Waals surface area contributed by atoms with Gasteiger partial charge in [-0.25, -0.2) is 0 Å². The first-order valence-electron chi connectivity index (χ1n) is 6.22. The fourth-order valence-corrected chi connectivity index (χ4v) is 3.76. The first-order valence-corrected chi connectivity index (χ1v) is 7.83. The molecule has 0 radical (unpaired) electrons. The summed E-state index contributed by atoms with van der Waals surface area (Å²) in [4.78, 5) is 13.0. The normalized spacial score (nSPS) is 19.7. The Morgan fingerprint density at radius 3 is 2.41 bits per heavy atom. The zero-order chi connectivity index (χ0) is 12.0. The fourth-order valence-electron chi connectivity index (χ4n) is 2.33. The number of carbonyl (C=O) groups excluding carboxylic acids is 1. The summed E-state index contributed by atoms with van der Waals surface area (Å²) in [7, 11) is 0. The molecular formula is C13H16BrNOS. The largest absolute Gasteiger partial charge is 0.348 e. The standard InChI is InChI=1S/C13H16BrNOS/c1-7-6-10(17-12(7)14)13(16)15-11(8-2-3-8)9-4-5-9/h6,8-9,11H,2-5H2,1H3,(H,15,16). The van der Waals surface area contributed by atoms with Gasteiger partial charge in [0, 0.05) is 6.04 Å². The van der Waals surface area contributed by atoms with E-state index < -0.39 is 0 Å². The molecule has 0 saturated heterocycles. The number of aryl methyl sites for hydroxylation is 1. The summed E-state index contributed by atoms with van der Waals surface area (Å²) in [6.07, 6.45) is 5.20. The summed E-state index contributed by atoms with van der Waals surface area (Å²) in [6, 6.07) is 2.42. The van der Waals surface area contributed by atoms with Crippen LogP contribution in [0.25, 0.3) is 0 Å². The van der Waals surface area contributed by atoms with Gasteiger partial charge in [-0.05, 0) is 72.0 Å². The Morgan fingerprint density at radius 1 is 1.41 bits per heavy atom. The summed E-state index contributed by atoms with van der Waals surface area (Å²) in [5, 5.41) is 3.25. The molecule has 3 rings (SSSR count). The topological polar surface area (TPSA) is 29.1 Å². The van der Waals surface area contributed by atoms with Crippen molar-refractivity contribution < 1.29 is 4.79 Å². The van der Waals surface area contributed by atoms with Gasteiger partial charge in [-0.15, -0.1) is 11.3 Å². The highest BCUT2D eigenvalue weighted by Crippen LogP contribution is 2.44. The first kappa shape index (κ1) is 11.7. The lowest BCUT2D eigenvalue weighted by Gasteiger charge is -2.16. The lowest BCUT2D eigenvalue weighted by Crippen LogP contribution is -2.37. The molecule has 0 atom stereocenters. The summed E-state index contributed by atoms with van der Waals surface area (Å²) >= 11 is 5.00. The van der Waals surface area contributed by atoms with E-state index in [9.17, 15) is 4.79 Å². The molecule has 1 aromatic rings. The quantitative estimate of drug-likeness (QED) is 0.901. The van der Waals surface area contributed by atoms with Crippen LogP contribution in [-0.4, -0.2) is 11.9 Å². The van der Waals surface area contributed by atoms with E-state index in [-0.39, 0.29) is 5.91 Å². The number of hydrogen-bond donors (Lipinski definition) is 1. The van der Waals surface area contributed by atoms with Crippen molar-refractivity contribution in [1.29, 1.82) is 0 Å². The number of hydrogen-bond acceptors (Lipinski definition) is 2. The maximum absolute atomic E-state index is 12.2. The van der Waals surface area contributed by atoms with Crippen LogP contribution in [0.4, 0.5) is 0 Å². The van der Waals surface area contributed by atoms with E-state index in [0.717, 1.165) is 26.1 Å². The van der Waals surface area contributed by atoms with Crippen molar-refractivity contribution in [1.82, 2.24) is 5.32 Å². The Kier molecular flexibility index (Phi) is 3.03. The van der Waals surface area contributed by atoms with Crippen LogP contribution in [0.5, 0.6) is 0 Å². The molecule has 0 aromatic carbocycles. The van der Waals surface area contributed by atoms with Gasteiger partial charge < -0.3 is 5.32 Å². The van der Waals surface area contributed by atoms with Crippen molar-refractivity contribution in [2.45, 2.75) is 38.6 Å². The molecule has 0 bridgehead atoms. The maximum atomic E-state index is 12.2. The molecule has 0 spiro atoms. The van der Waals surface area contributed by atoms with Gasteiger partial charge in [-0.2, -0.15) is 0 Å². The summed E-state index contributed by atoms with van der Waals surface area (Å²) < 4.78 is 1.07. The van der Waals surface area contributed by atoms with Crippen molar-refractivity contribution in [3.63, 3.8) is 0 Å². The molecule has 2 fully saturated rings. The second kappa shape index (κ2) is 4.39. The van der Waals surface area contributed by atoms with Crippen LogP contribution >= 0.6 is 27.3 Å². The minimum atomic E-state index is 0.118. The fraction of sp³-hybridized carbons (Fsp3) is 0.615. The number of nitrogens with one attached hydrogen (secondary N) is 1. The minimum Gasteiger partial charge on any atom is -0.348 e. The second-order valence-electron chi connectivity index (χ2n) is 5.24. The zero-order valence-corrected chi connectivity index (χ0v) is 12.2. The third-order valence-corrected chi connectivity index (χ3v) is 5.77. The van der Waals surface area contributed by atoms with E-state index in [4.69, 9.17) is 0 Å². The third-order valence-electron chi connectivity index (χ3n) is 3.64. The van der Waals surface area contributed by atoms with Crippen molar-refractivity contribution in [2.24, 2.45) is 11.8 Å². The zero-order valence-electron chi connectivity index (χ0n) is 9.83. The maximum Gasteiger partial charge on any atom is 0.261 e. The van der Waals surface area contributed by atoms with Crippen molar-refractivity contribution >= 4 is 33.2 Å². The number of amides is 1. The highest BCUT2D eigenvalue weighted by atomic mass is 79.9. The number of carbonyl (C=O) groups is 1. The number of halogens is 1. The SMILES string of the molecule is Cc1cc(C(=O)NC(C2CC2)C2CC2)sc1Br. The van der Waals surface area contributed by atoms with Gasteiger partial charge in [0.1, 0.15) is 0 Å². The first-order chi connectivity index (χ1) is 8.15. The minimum absolute atomic E-state index is 0.118. The summed E-state index contributed by atoms with van der Waals surface area (Å²) in [6.45, 7) is 2.02. The predicted molar refractivity (Wildman–Crippen MR) is 73.5 cm³/mol. The van der Waals surface area contributed by atoms with Crippen LogP contribution in [0, 0.1) is 18.8 Å². The molecule has 2 nitrogen and oxygen atoms in total. The van der Waals surface area contributed by atoms with Gasteiger partial charge in [0.2, 0.25) is 0 Å². The Bertz CT molecular complexity index is 417. The molecule has 2 aliphatic carbocycles. The van der Waals surface area contributed by atoms with Crippen molar-refractivity contribution in [3.05, 3.63) is 20.3 Å². The molecule has 1 heterocycles. The second-order valence-corrected chi connectivity index (χ2v) is 7.61. The summed E-state index contributed by atoms with van der Waals surface area (Å²) in [5.74, 6) is 1.64. The van der Waals surface area contributed by atoms with E-state index in [1.165, 1.54) is 37.0 Å². The Morgan fingerprint density at radius 2 is 2.00 bits per heavy atom. The smallest absolute Gasteiger partial charge is 0.261 e. The lowest BCUT2D eigenvalue weighted by atomic mass is 10.1. The molecule has 2 aliphatic rings. The molecule has 17 heavy (non-hydrogen) atoms. The van der Waals surface area contributed by atoms with E-state index in [2.05, 4.69) is 21.2 Å². The van der Waals surface area contributed by atoms with E-state index in [1.54, 1.807) is 0 Å². The van der Waals surface area contributed by atoms with E-state index >= 15 is 0 Å². The highest BCUT2D eigenvalue weighted by Gasteiger charge is 2.42. The molecule has 1 aromatic heterocycles. The van der Waals surface area contributed by atoms with Gasteiger partial charge in [0.05, 0.1) is 8.66 Å². The Balaban J connectivity index is 1.69. The van der Waals surface area contributed by atoms with Crippen molar-refractivity contribution in [3.8, 4) is 0 Å². The molecule has 0 aliphatic heterocycles. The predicted octanol–water partition coefficient (Wildman–Crippen LogP) is 3.74. The van der Waals surface area contributed by atoms with E-state index in [0.29, 0.717) is 6.04 Å². The van der Waals surface area contributed by atoms with Gasteiger partial charge in [-0.3, -0.25) is 4.79 Å². The van der Waals surface area contributed by atoms with Crippen LogP contribution in [-0.2, 0) is 0 Å². The average Bonchev–Trinajstić information content (AvgIpc) is 3.16. The molecular weight excluding hydrogens is 298 g/mol. The van der Waals surface area contributed by atoms with Crippen LogP contribution in [0.1, 0.15) is 40.9 Å². The van der Waals surface area contributed by atoms with Crippen LogP contribution in [0.2, 0.25) is 0 Å². The Labute approximate surface area is 114 Å². The third kappa shape index (κ3) is 2.58. The average molecular weight is 314 g/mol. The molecule has 92 valence electrons. The lowest BCUT2D eigenvalue weighted by molar-refractivity contribution is 0.0930. The van der Waals surface area contributed by atoms with Gasteiger partial charge >= 0.3 is 0 Å². The highest BCUT2D eigenvalue weighted by molar-refractivity contribution is 9.11. The molecule has 4 heteroatoms. The molecule has 2 saturated carbocycles. The Hall–Kier alpha value is -0.350. The van der Waals surface area contributed by atoms with Crippen molar-refractivity contribution in [2.75, 3.05) is 0 Å². The van der Waals surface area contributed by atoms with Gasteiger partial charge in [0.15, 0.2) is 0 Å². The van der Waals surface area contributed by atoms with Gasteiger partial charge in [-0.1, -0.05) is 0 Å². The van der Waals surface area contributed by atoms with Crippen LogP contribution in [0.3, 0.4) is 0 Å².